The Morgan fingerprint density at radius 3 is 2.86 bits per heavy atom. The van der Waals surface area contributed by atoms with Crippen LogP contribution >= 0.6 is 0 Å². The molecular weight excluding hydrogens is 356 g/mol. The number of ether oxygens (including phenoxy) is 1. The molecule has 1 aromatic carbocycles. The van der Waals surface area contributed by atoms with Gasteiger partial charge in [0, 0.05) is 29.4 Å². The maximum absolute atomic E-state index is 12.3. The van der Waals surface area contributed by atoms with Crippen LogP contribution in [0.5, 0.6) is 5.75 Å². The molecule has 0 saturated carbocycles. The van der Waals surface area contributed by atoms with Gasteiger partial charge in [0.1, 0.15) is 5.75 Å². The summed E-state index contributed by atoms with van der Waals surface area (Å²) in [5.74, 6) is -0.290. The van der Waals surface area contributed by atoms with Crippen LogP contribution in [0.4, 0.5) is 11.4 Å². The molecule has 0 unspecified atom stereocenters. The maximum atomic E-state index is 12.3. The van der Waals surface area contributed by atoms with Crippen LogP contribution in [-0.4, -0.2) is 39.0 Å². The predicted molar refractivity (Wildman–Crippen MR) is 108 cm³/mol. The van der Waals surface area contributed by atoms with Gasteiger partial charge in [-0.2, -0.15) is 10.2 Å². The number of nitrogens with zero attached hydrogens (tertiary/aromatic N) is 4. The van der Waals surface area contributed by atoms with Crippen LogP contribution in [0.3, 0.4) is 0 Å². The first kappa shape index (κ1) is 15.6. The van der Waals surface area contributed by atoms with Crippen molar-refractivity contribution < 1.29 is 13.6 Å². The van der Waals surface area contributed by atoms with Crippen molar-refractivity contribution in [2.24, 2.45) is 0 Å². The van der Waals surface area contributed by atoms with Gasteiger partial charge in [-0.25, -0.2) is 0 Å². The standard InChI is InChI=1S/C20H24N6O2/c1-5-26-12-15(11-23-26)14-6-7-16(18(10-14)28-13(2)3)24-17-8-9-22-25-19(17)20(27)21-4/h6-13H,5H2,1-4H3,(H,21,27)(H,22,24)/i4D3. The lowest BCUT2D eigenvalue weighted by Crippen LogP contribution is -2.21. The van der Waals surface area contributed by atoms with Crippen LogP contribution in [0.1, 0.15) is 35.4 Å². The van der Waals surface area contributed by atoms with Crippen LogP contribution in [0, 0.1) is 0 Å². The molecule has 28 heavy (non-hydrogen) atoms. The Morgan fingerprint density at radius 1 is 1.29 bits per heavy atom. The lowest BCUT2D eigenvalue weighted by molar-refractivity contribution is 0.0958. The number of carbonyl (C=O) groups excluding carboxylic acids is 1. The van der Waals surface area contributed by atoms with Crippen LogP contribution in [-0.2, 0) is 6.54 Å². The molecule has 0 aliphatic rings. The largest absolute Gasteiger partial charge is 0.489 e. The highest BCUT2D eigenvalue weighted by molar-refractivity contribution is 5.98. The van der Waals surface area contributed by atoms with E-state index in [1.807, 2.05) is 55.2 Å². The van der Waals surface area contributed by atoms with Crippen molar-refractivity contribution in [1.82, 2.24) is 25.3 Å². The minimum atomic E-state index is -2.64. The first-order chi connectivity index (χ1) is 14.7. The topological polar surface area (TPSA) is 94.0 Å². The molecule has 0 aliphatic heterocycles. The van der Waals surface area contributed by atoms with Gasteiger partial charge >= 0.3 is 0 Å². The molecule has 0 spiro atoms. The van der Waals surface area contributed by atoms with Crippen molar-refractivity contribution in [2.75, 3.05) is 12.3 Å². The highest BCUT2D eigenvalue weighted by Crippen LogP contribution is 2.34. The summed E-state index contributed by atoms with van der Waals surface area (Å²) in [4.78, 5) is 12.3. The van der Waals surface area contributed by atoms with Gasteiger partial charge in [0.2, 0.25) is 0 Å². The molecule has 0 radical (unpaired) electrons. The second-order valence-electron chi connectivity index (χ2n) is 6.33. The van der Waals surface area contributed by atoms with Crippen molar-refractivity contribution in [1.29, 1.82) is 0 Å². The zero-order valence-electron chi connectivity index (χ0n) is 18.9. The van der Waals surface area contributed by atoms with E-state index in [9.17, 15) is 4.79 Å². The van der Waals surface area contributed by atoms with Crippen molar-refractivity contribution >= 4 is 17.3 Å². The minimum Gasteiger partial charge on any atom is -0.489 e. The molecule has 0 saturated heterocycles. The summed E-state index contributed by atoms with van der Waals surface area (Å²) in [6, 6.07) is 7.15. The molecule has 0 bridgehead atoms. The van der Waals surface area contributed by atoms with Crippen molar-refractivity contribution in [3.05, 3.63) is 48.5 Å². The SMILES string of the molecule is [2H]C([2H])([2H])NC(=O)c1nnccc1Nc1ccc(-c2cnn(CC)c2)cc1OC(C)C. The number of hydrogen-bond donors (Lipinski definition) is 2. The lowest BCUT2D eigenvalue weighted by Gasteiger charge is -2.17. The van der Waals surface area contributed by atoms with Crippen LogP contribution in [0.2, 0.25) is 0 Å². The number of hydrogen-bond acceptors (Lipinski definition) is 6. The first-order valence-electron chi connectivity index (χ1n) is 10.4. The quantitative estimate of drug-likeness (QED) is 0.650. The van der Waals surface area contributed by atoms with E-state index in [1.54, 1.807) is 12.3 Å². The molecule has 146 valence electrons. The van der Waals surface area contributed by atoms with Crippen LogP contribution < -0.4 is 15.4 Å². The van der Waals surface area contributed by atoms with Gasteiger partial charge < -0.3 is 15.4 Å². The molecule has 2 heterocycles. The predicted octanol–water partition coefficient (Wildman–Crippen LogP) is 3.25. The second kappa shape index (κ2) is 8.51. The van der Waals surface area contributed by atoms with Gasteiger partial charge in [-0.3, -0.25) is 9.48 Å². The van der Waals surface area contributed by atoms with E-state index in [0.717, 1.165) is 17.7 Å². The molecule has 3 aromatic rings. The zero-order valence-corrected chi connectivity index (χ0v) is 15.9. The molecule has 8 heteroatoms. The Balaban J connectivity index is 1.95. The summed E-state index contributed by atoms with van der Waals surface area (Å²) in [5.41, 5.74) is 2.63. The van der Waals surface area contributed by atoms with Crippen molar-refractivity contribution in [2.45, 2.75) is 33.4 Å². The third kappa shape index (κ3) is 4.28. The second-order valence-corrected chi connectivity index (χ2v) is 6.33. The average Bonchev–Trinajstić information content (AvgIpc) is 3.17. The molecule has 8 nitrogen and oxygen atoms in total. The summed E-state index contributed by atoms with van der Waals surface area (Å²) in [6.45, 7) is 3.97. The van der Waals surface area contributed by atoms with Crippen molar-refractivity contribution in [3.63, 3.8) is 0 Å². The van der Waals surface area contributed by atoms with E-state index < -0.39 is 12.9 Å². The molecule has 1 amide bonds. The molecule has 0 aliphatic carbocycles. The number of rotatable bonds is 7. The summed E-state index contributed by atoms with van der Waals surface area (Å²) in [5, 5.41) is 16.8. The smallest absolute Gasteiger partial charge is 0.273 e. The van der Waals surface area contributed by atoms with Gasteiger partial charge in [-0.15, -0.1) is 5.10 Å². The lowest BCUT2D eigenvalue weighted by atomic mass is 10.1. The number of benzene rings is 1. The fraction of sp³-hybridized carbons (Fsp3) is 0.300. The number of aromatic nitrogens is 4. The average molecular weight is 383 g/mol. The van der Waals surface area contributed by atoms with Crippen LogP contribution in [0.15, 0.2) is 42.9 Å². The highest BCUT2D eigenvalue weighted by Gasteiger charge is 2.15. The number of anilines is 2. The molecule has 3 rings (SSSR count). The summed E-state index contributed by atoms with van der Waals surface area (Å²) < 4.78 is 29.5. The summed E-state index contributed by atoms with van der Waals surface area (Å²) >= 11 is 0. The van der Waals surface area contributed by atoms with Gasteiger partial charge in [0.25, 0.3) is 5.91 Å². The third-order valence-corrected chi connectivity index (χ3v) is 3.95. The van der Waals surface area contributed by atoms with Gasteiger partial charge in [0.15, 0.2) is 5.69 Å². The number of nitrogens with one attached hydrogen (secondary N) is 2. The monoisotopic (exact) mass is 383 g/mol. The van der Waals surface area contributed by atoms with Gasteiger partial charge in [-0.05, 0) is 44.5 Å². The minimum absolute atomic E-state index is 0.0944. The van der Waals surface area contributed by atoms with E-state index in [4.69, 9.17) is 8.85 Å². The Bertz CT molecular complexity index is 1070. The Kier molecular flexibility index (Phi) is 4.75. The molecule has 0 fully saturated rings. The fourth-order valence-corrected chi connectivity index (χ4v) is 2.65. The molecule has 0 atom stereocenters. The molecular formula is C20H24N6O2. The summed E-state index contributed by atoms with van der Waals surface area (Å²) in [7, 11) is 0. The highest BCUT2D eigenvalue weighted by atomic mass is 16.5. The van der Waals surface area contributed by atoms with E-state index >= 15 is 0 Å². The first-order valence-corrected chi connectivity index (χ1v) is 8.91. The Hall–Kier alpha value is -3.42. The Morgan fingerprint density at radius 2 is 2.14 bits per heavy atom. The van der Waals surface area contributed by atoms with E-state index in [2.05, 4.69) is 20.6 Å². The molecule has 2 N–H and O–H groups in total. The van der Waals surface area contributed by atoms with Gasteiger partial charge in [0.05, 0.1) is 29.9 Å². The van der Waals surface area contributed by atoms with Gasteiger partial charge in [-0.1, -0.05) is 6.07 Å². The summed E-state index contributed by atoms with van der Waals surface area (Å²) in [6.07, 6.45) is 5.05. The zero-order chi connectivity index (χ0) is 22.6. The normalized spacial score (nSPS) is 12.8. The number of amides is 1. The van der Waals surface area contributed by atoms with Crippen molar-refractivity contribution in [3.8, 4) is 16.9 Å². The Labute approximate surface area is 168 Å². The molecule has 2 aromatic heterocycles. The number of carbonyl (C=O) groups is 1. The van der Waals surface area contributed by atoms with Crippen LogP contribution in [0.25, 0.3) is 11.1 Å². The fourth-order valence-electron chi connectivity index (χ4n) is 2.65. The number of aryl methyl sites for hydroxylation is 1. The van der Waals surface area contributed by atoms with E-state index in [-0.39, 0.29) is 11.8 Å². The third-order valence-electron chi connectivity index (χ3n) is 3.95. The van der Waals surface area contributed by atoms with E-state index in [0.29, 0.717) is 17.1 Å². The maximum Gasteiger partial charge on any atom is 0.273 e. The van der Waals surface area contributed by atoms with E-state index in [1.165, 1.54) is 6.20 Å².